The molecule has 0 bridgehead atoms. The summed E-state index contributed by atoms with van der Waals surface area (Å²) >= 11 is 0. The molecule has 0 amide bonds. The van der Waals surface area contributed by atoms with Crippen LogP contribution >= 0.6 is 0 Å². The highest BCUT2D eigenvalue weighted by Crippen LogP contribution is 2.09. The van der Waals surface area contributed by atoms with Gasteiger partial charge in [-0.05, 0) is 25.7 Å². The van der Waals surface area contributed by atoms with E-state index in [2.05, 4.69) is 25.7 Å². The maximum absolute atomic E-state index is 3.85. The Morgan fingerprint density at radius 2 is 2.20 bits per heavy atom. The predicted molar refractivity (Wildman–Crippen MR) is 46.4 cm³/mol. The van der Waals surface area contributed by atoms with Crippen LogP contribution in [0.1, 0.15) is 39.5 Å². The second kappa shape index (κ2) is 6.68. The van der Waals surface area contributed by atoms with Crippen molar-refractivity contribution in [2.24, 2.45) is 5.92 Å². The van der Waals surface area contributed by atoms with Gasteiger partial charge >= 0.3 is 0 Å². The monoisotopic (exact) mass is 137 g/mol. The zero-order valence-electron chi connectivity index (χ0n) is 7.11. The van der Waals surface area contributed by atoms with E-state index in [9.17, 15) is 0 Å². The van der Waals surface area contributed by atoms with Gasteiger partial charge in [0.25, 0.3) is 0 Å². The van der Waals surface area contributed by atoms with Crippen LogP contribution in [-0.2, 0) is 0 Å². The Balaban J connectivity index is 3.08. The second-order valence-corrected chi connectivity index (χ2v) is 2.71. The van der Waals surface area contributed by atoms with E-state index >= 15 is 0 Å². The average molecular weight is 137 g/mol. The van der Waals surface area contributed by atoms with Gasteiger partial charge in [-0.2, -0.15) is 0 Å². The Labute approximate surface area is 65.0 Å². The van der Waals surface area contributed by atoms with Crippen LogP contribution in [0.5, 0.6) is 0 Å². The smallest absolute Gasteiger partial charge is 0.00886 e. The first-order chi connectivity index (χ1) is 4.81. The van der Waals surface area contributed by atoms with Crippen LogP contribution in [0.15, 0.2) is 0 Å². The lowest BCUT2D eigenvalue weighted by molar-refractivity contribution is 0.520. The molecule has 0 nitrogen and oxygen atoms in total. The zero-order chi connectivity index (χ0) is 7.82. The molecule has 0 rings (SSSR count). The minimum Gasteiger partial charge on any atom is -0.107 e. The van der Waals surface area contributed by atoms with Crippen LogP contribution in [0.25, 0.3) is 0 Å². The quantitative estimate of drug-likeness (QED) is 0.412. The highest BCUT2D eigenvalue weighted by Gasteiger charge is 1.95. The van der Waals surface area contributed by atoms with Gasteiger partial charge in [-0.15, -0.1) is 11.8 Å². The number of unbranched alkanes of at least 4 members (excludes halogenated alkanes) is 1. The largest absolute Gasteiger partial charge is 0.107 e. The third kappa shape index (κ3) is 5.69. The van der Waals surface area contributed by atoms with E-state index in [1.807, 2.05) is 6.92 Å². The fraction of sp³-hybridized carbons (Fsp3) is 0.700. The fourth-order valence-corrected chi connectivity index (χ4v) is 0.808. The summed E-state index contributed by atoms with van der Waals surface area (Å²) < 4.78 is 0. The molecule has 0 aromatic carbocycles. The van der Waals surface area contributed by atoms with Gasteiger partial charge in [0.15, 0.2) is 0 Å². The molecule has 0 N–H and O–H groups in total. The lowest BCUT2D eigenvalue weighted by Gasteiger charge is -2.04. The van der Waals surface area contributed by atoms with Crippen LogP contribution in [0.4, 0.5) is 0 Å². The minimum absolute atomic E-state index is 0.777. The van der Waals surface area contributed by atoms with E-state index in [4.69, 9.17) is 0 Å². The number of rotatable bonds is 4. The third-order valence-corrected chi connectivity index (χ3v) is 1.67. The van der Waals surface area contributed by atoms with Gasteiger partial charge in [0.2, 0.25) is 0 Å². The summed E-state index contributed by atoms with van der Waals surface area (Å²) in [4.78, 5) is 0. The highest BCUT2D eigenvalue weighted by molar-refractivity contribution is 4.94. The standard InChI is InChI=1S/C10H17/c1-4-6-7-8-9-10(3)5-2/h10H,2,5,7-9H2,1,3H3. The van der Waals surface area contributed by atoms with Crippen molar-refractivity contribution >= 4 is 0 Å². The molecule has 0 fully saturated rings. The van der Waals surface area contributed by atoms with Crippen LogP contribution in [-0.4, -0.2) is 0 Å². The van der Waals surface area contributed by atoms with Crippen LogP contribution in [0.3, 0.4) is 0 Å². The molecule has 10 heavy (non-hydrogen) atoms. The van der Waals surface area contributed by atoms with Crippen molar-refractivity contribution in [1.82, 2.24) is 0 Å². The molecule has 1 unspecified atom stereocenters. The fourth-order valence-electron chi connectivity index (χ4n) is 0.808. The minimum atomic E-state index is 0.777. The van der Waals surface area contributed by atoms with Gasteiger partial charge < -0.3 is 0 Å². The van der Waals surface area contributed by atoms with Crippen LogP contribution in [0.2, 0.25) is 0 Å². The summed E-state index contributed by atoms with van der Waals surface area (Å²) in [6.45, 7) is 7.98. The van der Waals surface area contributed by atoms with Crippen molar-refractivity contribution in [1.29, 1.82) is 0 Å². The maximum Gasteiger partial charge on any atom is 0.00886 e. The molecule has 57 valence electrons. The molecule has 0 saturated heterocycles. The van der Waals surface area contributed by atoms with E-state index in [1.54, 1.807) is 0 Å². The van der Waals surface area contributed by atoms with Gasteiger partial charge in [0, 0.05) is 6.42 Å². The first-order valence-corrected chi connectivity index (χ1v) is 4.00. The first-order valence-electron chi connectivity index (χ1n) is 4.00. The SMILES string of the molecule is [CH2]CC(C)CCCC#CC. The van der Waals surface area contributed by atoms with E-state index < -0.39 is 0 Å². The molecule has 0 heterocycles. The molecular weight excluding hydrogens is 120 g/mol. The Bertz CT molecular complexity index is 114. The number of hydrogen-bond acceptors (Lipinski definition) is 0. The maximum atomic E-state index is 3.85. The molecule has 0 aliphatic rings. The van der Waals surface area contributed by atoms with Gasteiger partial charge in [-0.3, -0.25) is 0 Å². The van der Waals surface area contributed by atoms with Crippen molar-refractivity contribution in [3.63, 3.8) is 0 Å². The topological polar surface area (TPSA) is 0 Å². The van der Waals surface area contributed by atoms with Crippen molar-refractivity contribution in [3.8, 4) is 11.8 Å². The van der Waals surface area contributed by atoms with Gasteiger partial charge in [-0.25, -0.2) is 0 Å². The molecule has 1 radical (unpaired) electrons. The Hall–Kier alpha value is -0.440. The summed E-state index contributed by atoms with van der Waals surface area (Å²) in [7, 11) is 0. The lowest BCUT2D eigenvalue weighted by Crippen LogP contribution is -1.90. The molecule has 0 aromatic heterocycles. The third-order valence-electron chi connectivity index (χ3n) is 1.67. The Kier molecular flexibility index (Phi) is 6.38. The Morgan fingerprint density at radius 3 is 2.70 bits per heavy atom. The van der Waals surface area contributed by atoms with Gasteiger partial charge in [-0.1, -0.05) is 20.3 Å². The van der Waals surface area contributed by atoms with Crippen molar-refractivity contribution in [2.75, 3.05) is 0 Å². The molecule has 0 aliphatic carbocycles. The van der Waals surface area contributed by atoms with E-state index in [0.717, 1.165) is 18.8 Å². The molecule has 1 atom stereocenters. The summed E-state index contributed by atoms with van der Waals surface area (Å²) in [6.07, 6.45) is 4.62. The average Bonchev–Trinajstić information content (AvgIpc) is 1.98. The molecular formula is C10H17. The zero-order valence-corrected chi connectivity index (χ0v) is 7.11. The van der Waals surface area contributed by atoms with E-state index in [0.29, 0.717) is 0 Å². The van der Waals surface area contributed by atoms with Crippen molar-refractivity contribution < 1.29 is 0 Å². The summed E-state index contributed by atoms with van der Waals surface area (Å²) in [5.74, 6) is 6.73. The summed E-state index contributed by atoms with van der Waals surface area (Å²) in [5.41, 5.74) is 0. The molecule has 0 aliphatic heterocycles. The van der Waals surface area contributed by atoms with Crippen molar-refractivity contribution in [3.05, 3.63) is 6.92 Å². The van der Waals surface area contributed by atoms with Crippen molar-refractivity contribution in [2.45, 2.75) is 39.5 Å². The first kappa shape index (κ1) is 9.56. The predicted octanol–water partition coefficient (Wildman–Crippen LogP) is 3.04. The molecule has 0 heteroatoms. The van der Waals surface area contributed by atoms with Crippen LogP contribution < -0.4 is 0 Å². The summed E-state index contributed by atoms with van der Waals surface area (Å²) in [6, 6.07) is 0. The Morgan fingerprint density at radius 1 is 1.50 bits per heavy atom. The molecule has 0 aromatic rings. The lowest BCUT2D eigenvalue weighted by atomic mass is 10.0. The second-order valence-electron chi connectivity index (χ2n) is 2.71. The van der Waals surface area contributed by atoms with E-state index in [-0.39, 0.29) is 0 Å². The van der Waals surface area contributed by atoms with Gasteiger partial charge in [0.05, 0.1) is 0 Å². The van der Waals surface area contributed by atoms with E-state index in [1.165, 1.54) is 12.8 Å². The van der Waals surface area contributed by atoms with Gasteiger partial charge in [0.1, 0.15) is 0 Å². The van der Waals surface area contributed by atoms with Crippen LogP contribution in [0, 0.1) is 24.7 Å². The normalized spacial score (nSPS) is 11.9. The number of hydrogen-bond donors (Lipinski definition) is 0. The highest BCUT2D eigenvalue weighted by atomic mass is 14.0. The molecule has 0 saturated carbocycles. The molecule has 0 spiro atoms. The summed E-state index contributed by atoms with van der Waals surface area (Å²) in [5, 5.41) is 0.